The Morgan fingerprint density at radius 1 is 1.04 bits per heavy atom. The number of hydrogen-bond acceptors (Lipinski definition) is 6. The van der Waals surface area contributed by atoms with Crippen molar-refractivity contribution in [3.8, 4) is 17.1 Å². The number of unbranched alkanes of at least 4 members (excludes halogenated alkanes) is 5. The summed E-state index contributed by atoms with van der Waals surface area (Å²) in [6, 6.07) is 11.5. The molecule has 0 amide bonds. The zero-order valence-electron chi connectivity index (χ0n) is 30.2. The number of rotatable bonds is 15. The van der Waals surface area contributed by atoms with Gasteiger partial charge in [0.15, 0.2) is 17.6 Å². The lowest BCUT2D eigenvalue weighted by Gasteiger charge is -2.37. The monoisotopic (exact) mass is 681 g/mol. The van der Waals surface area contributed by atoms with Crippen LogP contribution < -0.4 is 10.1 Å². The van der Waals surface area contributed by atoms with Crippen molar-refractivity contribution < 1.29 is 24.2 Å². The zero-order valence-corrected chi connectivity index (χ0v) is 30.2. The number of carboxylic acid groups (broad SMARTS) is 1. The lowest BCUT2D eigenvalue weighted by atomic mass is 9.75. The summed E-state index contributed by atoms with van der Waals surface area (Å²) in [5, 5.41) is 16.7. The van der Waals surface area contributed by atoms with E-state index in [9.17, 15) is 14.7 Å². The average molecular weight is 682 g/mol. The van der Waals surface area contributed by atoms with E-state index in [0.29, 0.717) is 35.2 Å². The summed E-state index contributed by atoms with van der Waals surface area (Å²) in [6.45, 7) is 20.3. The highest BCUT2D eigenvalue weighted by atomic mass is 16.5. The second-order valence-electron chi connectivity index (χ2n) is 14.3. The average Bonchev–Trinajstić information content (AvgIpc) is 3.63. The molecule has 0 aliphatic heterocycles. The Balaban J connectivity index is 1.37. The fraction of sp³-hybridized carbons (Fsp3) is 0.500. The molecular formula is C40H51N5O5. The number of fused-ring (bicyclic) bond motifs is 1. The first kappa shape index (κ1) is 36.5. The Bertz CT molecular complexity index is 1840. The number of aromatic nitrogens is 3. The first-order valence-electron chi connectivity index (χ1n) is 18.1. The molecule has 2 heterocycles. The molecule has 3 unspecified atom stereocenters. The Hall–Kier alpha value is -4.78. The molecule has 10 heteroatoms. The molecule has 266 valence electrons. The number of aromatic amines is 1. The van der Waals surface area contributed by atoms with Gasteiger partial charge in [0.2, 0.25) is 5.69 Å². The highest BCUT2D eigenvalue weighted by Gasteiger charge is 2.35. The first-order chi connectivity index (χ1) is 24.0. The standard InChI is InChI=1S/C40H51N5O5/c1-8-9-10-11-12-13-14-34(39(46)47)49-33-18-15-24(2)21-31(33)42-30-22-29(17-16-26(30)4)37-43-38-35(32(41-7)23-45(38)44-37)40(48)50-36-27(5)19-25(3)20-28(36)6/h15-18,21-23,25,27-28,34,36,42H,8-14,19-20H2,1-6H3,(H,43,44)(H,46,47). The van der Waals surface area contributed by atoms with Crippen LogP contribution in [0.5, 0.6) is 5.75 Å². The summed E-state index contributed by atoms with van der Waals surface area (Å²) in [4.78, 5) is 34.1. The third-order valence-corrected chi connectivity index (χ3v) is 9.92. The highest BCUT2D eigenvalue weighted by molar-refractivity contribution is 6.03. The Labute approximate surface area is 295 Å². The second-order valence-corrected chi connectivity index (χ2v) is 14.3. The lowest BCUT2D eigenvalue weighted by Crippen LogP contribution is -2.37. The molecule has 1 aliphatic carbocycles. The maximum atomic E-state index is 13.6. The molecule has 0 bridgehead atoms. The van der Waals surface area contributed by atoms with E-state index in [0.717, 1.165) is 54.5 Å². The van der Waals surface area contributed by atoms with Gasteiger partial charge in [0.1, 0.15) is 17.4 Å². The van der Waals surface area contributed by atoms with Crippen molar-refractivity contribution in [1.82, 2.24) is 14.6 Å². The predicted octanol–water partition coefficient (Wildman–Crippen LogP) is 10.1. The van der Waals surface area contributed by atoms with Gasteiger partial charge in [-0.3, -0.25) is 9.61 Å². The van der Waals surface area contributed by atoms with Gasteiger partial charge in [0.25, 0.3) is 0 Å². The lowest BCUT2D eigenvalue weighted by molar-refractivity contribution is -0.145. The number of aliphatic carboxylic acids is 1. The first-order valence-corrected chi connectivity index (χ1v) is 18.1. The Morgan fingerprint density at radius 2 is 1.76 bits per heavy atom. The largest absolute Gasteiger partial charge is 0.479 e. The quantitative estimate of drug-likeness (QED) is 0.0648. The van der Waals surface area contributed by atoms with Gasteiger partial charge in [-0.15, -0.1) is 0 Å². The van der Waals surface area contributed by atoms with Crippen LogP contribution in [-0.2, 0) is 9.53 Å². The number of ether oxygens (including phenoxy) is 2. The minimum atomic E-state index is -0.973. The van der Waals surface area contributed by atoms with E-state index >= 15 is 0 Å². The van der Waals surface area contributed by atoms with Gasteiger partial charge in [-0.25, -0.2) is 19.4 Å². The summed E-state index contributed by atoms with van der Waals surface area (Å²) in [5.74, 6) is 0.539. The number of H-pyrrole nitrogens is 1. The second kappa shape index (κ2) is 16.3. The van der Waals surface area contributed by atoms with Crippen LogP contribution in [0.25, 0.3) is 21.9 Å². The molecule has 0 radical (unpaired) electrons. The number of anilines is 2. The molecule has 3 N–H and O–H groups in total. The SMILES string of the molecule is [C-]#[N+]c1cn2[nH]c(-c3ccc(C)c(Nc4cc(C)ccc4OC(CCCCCCCC)C(=O)O)c3)nc2c1C(=O)OC1C(C)CC(C)CC1C. The molecule has 1 aliphatic rings. The number of carbonyl (C=O) groups is 2. The van der Waals surface area contributed by atoms with Crippen molar-refractivity contribution in [2.75, 3.05) is 5.32 Å². The number of hydrogen-bond donors (Lipinski definition) is 3. The molecule has 4 aromatic rings. The third-order valence-electron chi connectivity index (χ3n) is 9.92. The number of nitrogens with zero attached hydrogens (tertiary/aromatic N) is 3. The van der Waals surface area contributed by atoms with Crippen LogP contribution in [0.1, 0.15) is 107 Å². The van der Waals surface area contributed by atoms with Crippen molar-refractivity contribution in [3.05, 3.63) is 70.7 Å². The van der Waals surface area contributed by atoms with E-state index in [1.54, 1.807) is 10.7 Å². The number of benzene rings is 2. The number of carboxylic acids is 1. The topological polar surface area (TPSA) is 122 Å². The molecule has 50 heavy (non-hydrogen) atoms. The van der Waals surface area contributed by atoms with Crippen molar-refractivity contribution in [3.63, 3.8) is 0 Å². The molecule has 2 aromatic carbocycles. The summed E-state index contributed by atoms with van der Waals surface area (Å²) in [6.07, 6.45) is 9.28. The molecule has 10 nitrogen and oxygen atoms in total. The molecule has 1 saturated carbocycles. The molecule has 5 rings (SSSR count). The highest BCUT2D eigenvalue weighted by Crippen LogP contribution is 2.38. The smallest absolute Gasteiger partial charge is 0.344 e. The van der Waals surface area contributed by atoms with Gasteiger partial charge in [-0.1, -0.05) is 78.0 Å². The number of nitrogens with one attached hydrogen (secondary N) is 2. The number of carbonyl (C=O) groups excluding carboxylic acids is 1. The molecule has 0 spiro atoms. The van der Waals surface area contributed by atoms with E-state index < -0.39 is 18.0 Å². The summed E-state index contributed by atoms with van der Waals surface area (Å²) >= 11 is 0. The third kappa shape index (κ3) is 8.50. The van der Waals surface area contributed by atoms with E-state index in [4.69, 9.17) is 21.0 Å². The van der Waals surface area contributed by atoms with Crippen molar-refractivity contribution in [2.45, 2.75) is 112 Å². The minimum absolute atomic E-state index is 0.168. The van der Waals surface area contributed by atoms with Crippen LogP contribution in [-0.4, -0.2) is 43.9 Å². The van der Waals surface area contributed by atoms with Crippen LogP contribution in [0.2, 0.25) is 0 Å². The molecule has 3 atom stereocenters. The van der Waals surface area contributed by atoms with Gasteiger partial charge in [-0.05, 0) is 86.6 Å². The fourth-order valence-electron chi connectivity index (χ4n) is 7.33. The minimum Gasteiger partial charge on any atom is -0.479 e. The van der Waals surface area contributed by atoms with Gasteiger partial charge in [-0.2, -0.15) is 0 Å². The van der Waals surface area contributed by atoms with Crippen LogP contribution >= 0.6 is 0 Å². The van der Waals surface area contributed by atoms with E-state index in [2.05, 4.69) is 43.0 Å². The summed E-state index contributed by atoms with van der Waals surface area (Å²) < 4.78 is 13.8. The summed E-state index contributed by atoms with van der Waals surface area (Å²) in [5.41, 5.74) is 4.88. The van der Waals surface area contributed by atoms with Crippen molar-refractivity contribution >= 4 is 34.6 Å². The zero-order chi connectivity index (χ0) is 35.9. The normalized spacial score (nSPS) is 19.5. The molecule has 2 aromatic heterocycles. The predicted molar refractivity (Wildman–Crippen MR) is 196 cm³/mol. The van der Waals surface area contributed by atoms with E-state index in [1.807, 2.05) is 50.2 Å². The molecule has 1 fully saturated rings. The Morgan fingerprint density at radius 3 is 2.46 bits per heavy atom. The van der Waals surface area contributed by atoms with Crippen LogP contribution in [0.4, 0.5) is 17.1 Å². The number of esters is 1. The van der Waals surface area contributed by atoms with E-state index in [1.165, 1.54) is 19.3 Å². The summed E-state index contributed by atoms with van der Waals surface area (Å²) in [7, 11) is 0. The van der Waals surface area contributed by atoms with Crippen molar-refractivity contribution in [2.24, 2.45) is 17.8 Å². The fourth-order valence-corrected chi connectivity index (χ4v) is 7.33. The molecule has 0 saturated heterocycles. The van der Waals surface area contributed by atoms with Crippen molar-refractivity contribution in [1.29, 1.82) is 0 Å². The van der Waals surface area contributed by atoms with E-state index in [-0.39, 0.29) is 29.2 Å². The maximum absolute atomic E-state index is 13.6. The van der Waals surface area contributed by atoms with Gasteiger partial charge in [0, 0.05) is 17.4 Å². The van der Waals surface area contributed by atoms with Crippen LogP contribution in [0.3, 0.4) is 0 Å². The number of aryl methyl sites for hydroxylation is 2. The van der Waals surface area contributed by atoms with Gasteiger partial charge in [0.05, 0.1) is 12.3 Å². The van der Waals surface area contributed by atoms with Crippen LogP contribution in [0.15, 0.2) is 42.6 Å². The molecular weight excluding hydrogens is 630 g/mol. The van der Waals surface area contributed by atoms with Crippen LogP contribution in [0, 0.1) is 38.2 Å². The van der Waals surface area contributed by atoms with Gasteiger partial charge >= 0.3 is 11.9 Å². The maximum Gasteiger partial charge on any atom is 0.344 e. The Kier molecular flexibility index (Phi) is 11.9. The van der Waals surface area contributed by atoms with Gasteiger partial charge < -0.3 is 19.9 Å².